The summed E-state index contributed by atoms with van der Waals surface area (Å²) in [6.07, 6.45) is 0. The number of carbonyl (C=O) groups is 1. The Morgan fingerprint density at radius 2 is 2.05 bits per heavy atom. The molecule has 106 valence electrons. The van der Waals surface area contributed by atoms with Gasteiger partial charge in [0.25, 0.3) is 0 Å². The SMILES string of the molecule is CCOCC(C)(Nc1cccc(C)c1)C(=O)OCC. The van der Waals surface area contributed by atoms with Crippen molar-refractivity contribution in [3.8, 4) is 0 Å². The highest BCUT2D eigenvalue weighted by Crippen LogP contribution is 2.18. The maximum atomic E-state index is 12.1. The van der Waals surface area contributed by atoms with E-state index in [4.69, 9.17) is 9.47 Å². The van der Waals surface area contributed by atoms with Crippen LogP contribution >= 0.6 is 0 Å². The summed E-state index contributed by atoms with van der Waals surface area (Å²) in [5, 5.41) is 3.22. The lowest BCUT2D eigenvalue weighted by Crippen LogP contribution is -2.48. The van der Waals surface area contributed by atoms with Gasteiger partial charge in [-0.1, -0.05) is 12.1 Å². The van der Waals surface area contributed by atoms with E-state index in [0.717, 1.165) is 11.3 Å². The minimum atomic E-state index is -0.875. The quantitative estimate of drug-likeness (QED) is 0.770. The number of benzene rings is 1. The molecule has 0 aliphatic heterocycles. The summed E-state index contributed by atoms with van der Waals surface area (Å²) in [6, 6.07) is 7.87. The van der Waals surface area contributed by atoms with Gasteiger partial charge >= 0.3 is 5.97 Å². The molecular formula is C15H23NO3. The van der Waals surface area contributed by atoms with Gasteiger partial charge in [0, 0.05) is 12.3 Å². The third kappa shape index (κ3) is 4.56. The zero-order valence-corrected chi connectivity index (χ0v) is 12.2. The van der Waals surface area contributed by atoms with Crippen LogP contribution in [0, 0.1) is 6.92 Å². The van der Waals surface area contributed by atoms with Crippen molar-refractivity contribution in [3.63, 3.8) is 0 Å². The fraction of sp³-hybridized carbons (Fsp3) is 0.533. The first kappa shape index (κ1) is 15.5. The summed E-state index contributed by atoms with van der Waals surface area (Å²) in [6.45, 7) is 8.69. The zero-order valence-electron chi connectivity index (χ0n) is 12.2. The van der Waals surface area contributed by atoms with Crippen LogP contribution < -0.4 is 5.32 Å². The molecule has 0 radical (unpaired) electrons. The molecule has 1 aromatic carbocycles. The van der Waals surface area contributed by atoms with Gasteiger partial charge < -0.3 is 14.8 Å². The number of anilines is 1. The van der Waals surface area contributed by atoms with E-state index in [0.29, 0.717) is 13.2 Å². The Labute approximate surface area is 115 Å². The molecule has 0 aliphatic carbocycles. The van der Waals surface area contributed by atoms with Gasteiger partial charge in [-0.05, 0) is 45.4 Å². The number of esters is 1. The normalized spacial score (nSPS) is 13.7. The molecule has 0 bridgehead atoms. The van der Waals surface area contributed by atoms with Crippen LogP contribution in [-0.2, 0) is 14.3 Å². The Morgan fingerprint density at radius 3 is 2.63 bits per heavy atom. The molecule has 4 nitrogen and oxygen atoms in total. The van der Waals surface area contributed by atoms with Crippen LogP contribution in [0.15, 0.2) is 24.3 Å². The van der Waals surface area contributed by atoms with Crippen molar-refractivity contribution in [1.29, 1.82) is 0 Å². The van der Waals surface area contributed by atoms with Crippen LogP contribution in [0.2, 0.25) is 0 Å². The van der Waals surface area contributed by atoms with Crippen LogP contribution in [-0.4, -0.2) is 31.3 Å². The first-order chi connectivity index (χ1) is 9.01. The number of rotatable bonds is 7. The molecule has 0 saturated carbocycles. The fourth-order valence-electron chi connectivity index (χ4n) is 1.78. The van der Waals surface area contributed by atoms with Crippen molar-refractivity contribution in [3.05, 3.63) is 29.8 Å². The molecular weight excluding hydrogens is 242 g/mol. The molecule has 1 atom stereocenters. The minimum absolute atomic E-state index is 0.274. The van der Waals surface area contributed by atoms with E-state index in [-0.39, 0.29) is 12.6 Å². The summed E-state index contributed by atoms with van der Waals surface area (Å²) < 4.78 is 10.5. The number of hydrogen-bond donors (Lipinski definition) is 1. The third-order valence-electron chi connectivity index (χ3n) is 2.76. The van der Waals surface area contributed by atoms with Crippen molar-refractivity contribution in [2.24, 2.45) is 0 Å². The maximum Gasteiger partial charge on any atom is 0.333 e. The predicted octanol–water partition coefficient (Wildman–Crippen LogP) is 2.77. The van der Waals surface area contributed by atoms with E-state index in [1.807, 2.05) is 38.1 Å². The van der Waals surface area contributed by atoms with E-state index in [2.05, 4.69) is 5.32 Å². The van der Waals surface area contributed by atoms with Crippen molar-refractivity contribution in [2.45, 2.75) is 33.2 Å². The van der Waals surface area contributed by atoms with Crippen molar-refractivity contribution in [2.75, 3.05) is 25.1 Å². The van der Waals surface area contributed by atoms with Gasteiger partial charge in [0.05, 0.1) is 13.2 Å². The second-order valence-corrected chi connectivity index (χ2v) is 4.68. The van der Waals surface area contributed by atoms with E-state index in [1.165, 1.54) is 0 Å². The summed E-state index contributed by atoms with van der Waals surface area (Å²) in [5.74, 6) is -0.301. The fourth-order valence-corrected chi connectivity index (χ4v) is 1.78. The molecule has 0 aliphatic rings. The Morgan fingerprint density at radius 1 is 1.32 bits per heavy atom. The first-order valence-electron chi connectivity index (χ1n) is 6.61. The zero-order chi connectivity index (χ0) is 14.3. The van der Waals surface area contributed by atoms with Crippen molar-refractivity contribution < 1.29 is 14.3 Å². The van der Waals surface area contributed by atoms with Gasteiger partial charge in [-0.2, -0.15) is 0 Å². The highest BCUT2D eigenvalue weighted by molar-refractivity contribution is 5.84. The Hall–Kier alpha value is -1.55. The molecule has 0 spiro atoms. The Balaban J connectivity index is 2.87. The second kappa shape index (κ2) is 7.14. The summed E-state index contributed by atoms with van der Waals surface area (Å²) >= 11 is 0. The molecule has 0 amide bonds. The summed E-state index contributed by atoms with van der Waals surface area (Å²) in [5.41, 5.74) is 1.14. The topological polar surface area (TPSA) is 47.6 Å². The van der Waals surface area contributed by atoms with Crippen molar-refractivity contribution >= 4 is 11.7 Å². The van der Waals surface area contributed by atoms with Gasteiger partial charge in [-0.25, -0.2) is 4.79 Å². The molecule has 0 fully saturated rings. The van der Waals surface area contributed by atoms with Gasteiger partial charge in [0.2, 0.25) is 0 Å². The van der Waals surface area contributed by atoms with E-state index in [9.17, 15) is 4.79 Å². The molecule has 1 N–H and O–H groups in total. The first-order valence-corrected chi connectivity index (χ1v) is 6.61. The lowest BCUT2D eigenvalue weighted by Gasteiger charge is -2.29. The number of hydrogen-bond acceptors (Lipinski definition) is 4. The molecule has 1 aromatic rings. The van der Waals surface area contributed by atoms with Crippen LogP contribution in [0.4, 0.5) is 5.69 Å². The number of ether oxygens (including phenoxy) is 2. The van der Waals surface area contributed by atoms with Gasteiger partial charge in [0.1, 0.15) is 0 Å². The number of nitrogens with one attached hydrogen (secondary N) is 1. The minimum Gasteiger partial charge on any atom is -0.464 e. The maximum absolute atomic E-state index is 12.1. The highest BCUT2D eigenvalue weighted by Gasteiger charge is 2.35. The standard InChI is InChI=1S/C15H23NO3/c1-5-18-11-15(4,14(17)19-6-2)16-13-9-7-8-12(3)10-13/h7-10,16H,5-6,11H2,1-4H3. The van der Waals surface area contributed by atoms with Gasteiger partial charge in [0.15, 0.2) is 5.54 Å². The van der Waals surface area contributed by atoms with Crippen LogP contribution in [0.3, 0.4) is 0 Å². The van der Waals surface area contributed by atoms with Crippen molar-refractivity contribution in [1.82, 2.24) is 0 Å². The van der Waals surface area contributed by atoms with Gasteiger partial charge in [-0.15, -0.1) is 0 Å². The second-order valence-electron chi connectivity index (χ2n) is 4.68. The number of carbonyl (C=O) groups excluding carboxylic acids is 1. The third-order valence-corrected chi connectivity index (χ3v) is 2.76. The molecule has 1 rings (SSSR count). The smallest absolute Gasteiger partial charge is 0.333 e. The summed E-state index contributed by atoms with van der Waals surface area (Å²) in [7, 11) is 0. The lowest BCUT2D eigenvalue weighted by molar-refractivity contribution is -0.150. The highest BCUT2D eigenvalue weighted by atomic mass is 16.5. The molecule has 0 aromatic heterocycles. The molecule has 19 heavy (non-hydrogen) atoms. The molecule has 0 heterocycles. The van der Waals surface area contributed by atoms with Crippen LogP contribution in [0.1, 0.15) is 26.3 Å². The lowest BCUT2D eigenvalue weighted by atomic mass is 10.0. The van der Waals surface area contributed by atoms with Crippen LogP contribution in [0.5, 0.6) is 0 Å². The van der Waals surface area contributed by atoms with E-state index < -0.39 is 5.54 Å². The Kier molecular flexibility index (Phi) is 5.83. The molecule has 4 heteroatoms. The van der Waals surface area contributed by atoms with Crippen LogP contribution in [0.25, 0.3) is 0 Å². The van der Waals surface area contributed by atoms with Gasteiger partial charge in [-0.3, -0.25) is 0 Å². The summed E-state index contributed by atoms with van der Waals surface area (Å²) in [4.78, 5) is 12.1. The van der Waals surface area contributed by atoms with E-state index in [1.54, 1.807) is 13.8 Å². The monoisotopic (exact) mass is 265 g/mol. The van der Waals surface area contributed by atoms with E-state index >= 15 is 0 Å². The average Bonchev–Trinajstić information content (AvgIpc) is 2.36. The molecule has 1 unspecified atom stereocenters. The average molecular weight is 265 g/mol. The predicted molar refractivity (Wildman–Crippen MR) is 76.3 cm³/mol. The molecule has 0 saturated heterocycles. The Bertz CT molecular complexity index is 420. The number of aryl methyl sites for hydroxylation is 1. The largest absolute Gasteiger partial charge is 0.464 e.